The molecule has 4 saturated carbocycles. The fourth-order valence-corrected chi connectivity index (χ4v) is 17.3. The van der Waals surface area contributed by atoms with Crippen molar-refractivity contribution < 1.29 is 29.6 Å². The molecule has 11 heteroatoms. The van der Waals surface area contributed by atoms with Crippen LogP contribution in [0.5, 0.6) is 11.5 Å². The number of aliphatic hydroxyl groups is 2. The smallest absolute Gasteiger partial charge is 0.160 e. The van der Waals surface area contributed by atoms with Gasteiger partial charge in [0.1, 0.15) is 11.2 Å². The van der Waals surface area contributed by atoms with Crippen LogP contribution in [0.2, 0.25) is 0 Å². The normalized spacial score (nSPS) is 33.5. The summed E-state index contributed by atoms with van der Waals surface area (Å²) in [7, 11) is 1.54. The van der Waals surface area contributed by atoms with E-state index in [-0.39, 0.29) is 47.3 Å². The number of methoxy groups -OCH3 is 1. The van der Waals surface area contributed by atoms with Crippen LogP contribution in [0.25, 0.3) is 10.8 Å². The number of nitrogens with one attached hydrogen (secondary N) is 4. The minimum absolute atomic E-state index is 0.00544. The summed E-state index contributed by atoms with van der Waals surface area (Å²) >= 11 is 0. The van der Waals surface area contributed by atoms with E-state index in [1.165, 1.54) is 37.6 Å². The lowest BCUT2D eigenvalue weighted by Gasteiger charge is -2.67. The Morgan fingerprint density at radius 1 is 0.960 bits per heavy atom. The molecular formula is C64H79N5O6. The highest BCUT2D eigenvalue weighted by Gasteiger charge is 2.65. The molecule has 11 nitrogen and oxygen atoms in total. The van der Waals surface area contributed by atoms with Gasteiger partial charge in [-0.25, -0.2) is 0 Å². The fourth-order valence-electron chi connectivity index (χ4n) is 17.3. The monoisotopic (exact) mass is 1010 g/mol. The molecular weight excluding hydrogens is 935 g/mol. The zero-order valence-electron chi connectivity index (χ0n) is 44.1. The third kappa shape index (κ3) is 9.03. The summed E-state index contributed by atoms with van der Waals surface area (Å²) in [5.41, 5.74) is 11.7. The van der Waals surface area contributed by atoms with Gasteiger partial charge in [-0.15, -0.1) is 0 Å². The van der Waals surface area contributed by atoms with Crippen LogP contribution in [0.1, 0.15) is 155 Å². The van der Waals surface area contributed by atoms with Crippen molar-refractivity contribution in [2.75, 3.05) is 26.7 Å². The quantitative estimate of drug-likeness (QED) is 0.0638. The average Bonchev–Trinajstić information content (AvgIpc) is 3.93. The van der Waals surface area contributed by atoms with Crippen LogP contribution in [0.3, 0.4) is 0 Å². The molecule has 2 aliphatic heterocycles. The van der Waals surface area contributed by atoms with Crippen molar-refractivity contribution in [2.45, 2.75) is 157 Å². The van der Waals surface area contributed by atoms with Crippen molar-refractivity contribution in [3.8, 4) is 23.3 Å². The SMILES string of the molecule is CCNC[C@@H]1[C@@H]([C@@H]2CC[C@@]3(C#C[C@@H](CC[C@H](O)C[C@H](C4=CCNC(N)=C4)c4ccc5ccccc5c4)c4cc(O)c(OC)cc4CCC3=O)[C@H](O)C2)C[C@H]2[C@@H]3[C@H]1c1[nH]ccc1[C@H]1CC(=O)C[C@H](NC24CCCCC4)[C@@H]31. The molecule has 8 aliphatic rings. The predicted molar refractivity (Wildman–Crippen MR) is 293 cm³/mol. The maximum atomic E-state index is 15.0. The molecule has 396 valence electrons. The van der Waals surface area contributed by atoms with Crippen molar-refractivity contribution in [1.29, 1.82) is 0 Å². The Labute approximate surface area is 443 Å². The standard InChI is InChI=1S/C64H79N5O6/c1-3-66-36-51-49(34-52-61-59-50(46-20-26-68-62(46)60(51)61)32-45(71)33-53(59)69-64(52)21-7-4-8-22-64)42-18-24-63(57(74)29-42)23-17-38(48-35-54(72)55(75-2)28-41(48)14-16-56(63)73)13-15-44(70)31-47(43-19-25-67-58(65)30-43)40-12-11-37-9-5-6-10-39(37)27-40/h5-6,9-12,19-20,26-28,30,35,38,42,44,47,49-53,57,59-61,66-70,72,74H,3-4,7-8,13-16,18,21-22,24-25,29,31-34,36,65H2,1-2H3/t38-,42-,44+,47+,49-,50-,51-,52+,53+,57-,59+,60+,61+,63-/m1/s1. The maximum absolute atomic E-state index is 15.0. The second kappa shape index (κ2) is 20.5. The van der Waals surface area contributed by atoms with Crippen LogP contribution in [0.15, 0.2) is 90.4 Å². The van der Waals surface area contributed by atoms with E-state index in [4.69, 9.17) is 10.5 Å². The van der Waals surface area contributed by atoms with Gasteiger partial charge < -0.3 is 46.7 Å². The first-order valence-electron chi connectivity index (χ1n) is 28.9. The summed E-state index contributed by atoms with van der Waals surface area (Å²) in [6.07, 6.45) is 16.9. The molecule has 14 atom stereocenters. The van der Waals surface area contributed by atoms with Crippen LogP contribution < -0.4 is 26.4 Å². The van der Waals surface area contributed by atoms with Crippen molar-refractivity contribution in [2.24, 2.45) is 46.7 Å². The molecule has 1 aromatic heterocycles. The van der Waals surface area contributed by atoms with Crippen LogP contribution in [0.4, 0.5) is 0 Å². The number of carbonyl (C=O) groups is 2. The highest BCUT2D eigenvalue weighted by molar-refractivity contribution is 5.89. The number of aromatic amines is 1. The molecule has 0 amide bonds. The molecule has 0 radical (unpaired) electrons. The number of nitrogens with two attached hydrogens (primary N) is 1. The molecule has 9 N–H and O–H groups in total. The number of phenolic OH excluding ortho intramolecular Hbond substituents is 1. The van der Waals surface area contributed by atoms with Crippen molar-refractivity contribution in [1.82, 2.24) is 20.9 Å². The Morgan fingerprint density at radius 2 is 1.80 bits per heavy atom. The number of hydrogen-bond donors (Lipinski definition) is 8. The first-order chi connectivity index (χ1) is 36.5. The molecule has 5 fully saturated rings. The number of ether oxygens (including phenoxy) is 1. The third-order valence-corrected chi connectivity index (χ3v) is 20.6. The van der Waals surface area contributed by atoms with Gasteiger partial charge in [0.25, 0.3) is 0 Å². The number of benzene rings is 3. The number of aryl methyl sites for hydroxylation is 1. The van der Waals surface area contributed by atoms with E-state index in [0.717, 1.165) is 71.8 Å². The summed E-state index contributed by atoms with van der Waals surface area (Å²) in [5.74, 6) is 10.9. The van der Waals surface area contributed by atoms with E-state index in [9.17, 15) is 20.1 Å². The number of ketones is 2. The summed E-state index contributed by atoms with van der Waals surface area (Å²) in [6, 6.07) is 20.9. The Balaban J connectivity index is 0.848. The second-order valence-electron chi connectivity index (χ2n) is 24.3. The number of H-pyrrole nitrogens is 1. The lowest BCUT2D eigenvalue weighted by atomic mass is 9.42. The number of aliphatic hydroxyl groups excluding tert-OH is 2. The van der Waals surface area contributed by atoms with Gasteiger partial charge in [0.05, 0.1) is 25.1 Å². The van der Waals surface area contributed by atoms with Gasteiger partial charge in [-0.05, 0) is 182 Å². The number of allylic oxidation sites excluding steroid dienone is 2. The number of carbonyl (C=O) groups excluding carboxylic acids is 2. The first kappa shape index (κ1) is 50.4. The zero-order valence-corrected chi connectivity index (χ0v) is 44.1. The van der Waals surface area contributed by atoms with Gasteiger partial charge in [0.15, 0.2) is 17.3 Å². The number of rotatable bonds is 12. The zero-order chi connectivity index (χ0) is 51.6. The van der Waals surface area contributed by atoms with E-state index in [2.05, 4.69) is 88.4 Å². The first-order valence-corrected chi connectivity index (χ1v) is 28.9. The number of phenols is 1. The van der Waals surface area contributed by atoms with E-state index >= 15 is 4.79 Å². The number of Topliss-reactive ketones (excluding diaryl/α,β-unsaturated/α-hetero) is 2. The summed E-state index contributed by atoms with van der Waals surface area (Å²) in [6.45, 7) is 4.60. The Kier molecular flexibility index (Phi) is 13.8. The summed E-state index contributed by atoms with van der Waals surface area (Å²) in [4.78, 5) is 32.4. The van der Waals surface area contributed by atoms with Crippen LogP contribution in [-0.2, 0) is 16.0 Å². The van der Waals surface area contributed by atoms with E-state index in [1.807, 2.05) is 24.3 Å². The van der Waals surface area contributed by atoms with Gasteiger partial charge in [0, 0.05) is 67.0 Å². The number of dihydropyridines is 1. The molecule has 1 saturated heterocycles. The average molecular weight is 1010 g/mol. The molecule has 6 aliphatic carbocycles. The maximum Gasteiger partial charge on any atom is 0.160 e. The lowest BCUT2D eigenvalue weighted by molar-refractivity contribution is -0.142. The highest BCUT2D eigenvalue weighted by Crippen LogP contribution is 2.67. The molecule has 0 bridgehead atoms. The topological polar surface area (TPSA) is 182 Å². The van der Waals surface area contributed by atoms with Crippen molar-refractivity contribution in [3.63, 3.8) is 0 Å². The molecule has 2 spiro atoms. The summed E-state index contributed by atoms with van der Waals surface area (Å²) < 4.78 is 5.62. The third-order valence-electron chi connectivity index (χ3n) is 20.6. The van der Waals surface area contributed by atoms with Crippen molar-refractivity contribution in [3.05, 3.63) is 118 Å². The molecule has 3 heterocycles. The number of hydrogen-bond acceptors (Lipinski definition) is 10. The molecule has 75 heavy (non-hydrogen) atoms. The summed E-state index contributed by atoms with van der Waals surface area (Å²) in [5, 5.41) is 50.0. The molecule has 0 unspecified atom stereocenters. The van der Waals surface area contributed by atoms with Crippen LogP contribution in [0, 0.1) is 52.8 Å². The largest absolute Gasteiger partial charge is 0.504 e. The molecule has 3 aromatic carbocycles. The fraction of sp³-hybridized carbons (Fsp3) is 0.562. The Hall–Kier alpha value is -5.38. The van der Waals surface area contributed by atoms with Gasteiger partial charge in [0.2, 0.25) is 0 Å². The van der Waals surface area contributed by atoms with Crippen molar-refractivity contribution >= 4 is 22.3 Å². The van der Waals surface area contributed by atoms with Gasteiger partial charge in [-0.2, -0.15) is 0 Å². The van der Waals surface area contributed by atoms with E-state index < -0.39 is 23.5 Å². The molecule has 4 aromatic rings. The van der Waals surface area contributed by atoms with Crippen LogP contribution in [-0.4, -0.2) is 82.4 Å². The van der Waals surface area contributed by atoms with Gasteiger partial charge in [-0.3, -0.25) is 9.59 Å². The minimum Gasteiger partial charge on any atom is -0.504 e. The Bertz CT molecular complexity index is 2940. The Morgan fingerprint density at radius 3 is 2.60 bits per heavy atom. The van der Waals surface area contributed by atoms with E-state index in [0.29, 0.717) is 111 Å². The number of aromatic nitrogens is 1. The van der Waals surface area contributed by atoms with E-state index in [1.54, 1.807) is 6.07 Å². The number of fused-ring (bicyclic) bond motifs is 6. The van der Waals surface area contributed by atoms with Gasteiger partial charge in [-0.1, -0.05) is 86.6 Å². The van der Waals surface area contributed by atoms with Crippen LogP contribution >= 0.6 is 0 Å². The molecule has 12 rings (SSSR count). The minimum atomic E-state index is -1.23. The number of piperidine rings is 1. The predicted octanol–water partition coefficient (Wildman–Crippen LogP) is 9.29. The lowest BCUT2D eigenvalue weighted by Crippen LogP contribution is -2.72. The second-order valence-corrected chi connectivity index (χ2v) is 24.3. The highest BCUT2D eigenvalue weighted by atomic mass is 16.5. The number of aromatic hydroxyl groups is 1. The van der Waals surface area contributed by atoms with Gasteiger partial charge >= 0.3 is 0 Å².